The average molecular weight is 320 g/mol. The summed E-state index contributed by atoms with van der Waals surface area (Å²) in [5, 5.41) is 2.81. The van der Waals surface area contributed by atoms with Crippen molar-refractivity contribution >= 4 is 40.7 Å². The number of halogens is 2. The zero-order chi connectivity index (χ0) is 15.1. The van der Waals surface area contributed by atoms with Gasteiger partial charge < -0.3 is 15.0 Å². The van der Waals surface area contributed by atoms with Crippen LogP contribution in [0, 0.1) is 0 Å². The van der Waals surface area contributed by atoms with Crippen molar-refractivity contribution in [3.63, 3.8) is 0 Å². The molecule has 1 rings (SSSR count). The highest BCUT2D eigenvalue weighted by Gasteiger charge is 2.15. The van der Waals surface area contributed by atoms with Crippen molar-refractivity contribution in [2.75, 3.05) is 32.6 Å². The van der Waals surface area contributed by atoms with Gasteiger partial charge in [-0.1, -0.05) is 23.2 Å². The zero-order valence-electron chi connectivity index (χ0n) is 11.2. The maximum Gasteiger partial charge on any atom is 0.233 e. The lowest BCUT2D eigenvalue weighted by atomic mass is 10.3. The molecule has 6 nitrogen and oxygen atoms in total. The third-order valence-electron chi connectivity index (χ3n) is 2.46. The van der Waals surface area contributed by atoms with Crippen molar-refractivity contribution in [3.05, 3.63) is 22.4 Å². The Labute approximate surface area is 127 Å². The molecule has 110 valence electrons. The molecule has 0 aliphatic rings. The van der Waals surface area contributed by atoms with E-state index in [-0.39, 0.29) is 22.6 Å². The minimum Gasteiger partial charge on any atom is -0.383 e. The van der Waals surface area contributed by atoms with Gasteiger partial charge in [0.05, 0.1) is 12.3 Å². The molecule has 0 saturated carbocycles. The molecule has 2 amide bonds. The molecule has 0 fully saturated rings. The normalized spacial score (nSPS) is 10.2. The van der Waals surface area contributed by atoms with Gasteiger partial charge >= 0.3 is 0 Å². The van der Waals surface area contributed by atoms with Crippen LogP contribution in [-0.4, -0.2) is 49.0 Å². The van der Waals surface area contributed by atoms with Gasteiger partial charge in [0.25, 0.3) is 0 Å². The third-order valence-corrected chi connectivity index (χ3v) is 2.96. The summed E-state index contributed by atoms with van der Waals surface area (Å²) in [6.45, 7) is 0.836. The lowest BCUT2D eigenvalue weighted by molar-refractivity contribution is -0.134. The van der Waals surface area contributed by atoms with E-state index in [9.17, 15) is 9.59 Å². The van der Waals surface area contributed by atoms with Gasteiger partial charge in [0.15, 0.2) is 5.15 Å². The lowest BCUT2D eigenvalue weighted by Crippen LogP contribution is -2.32. The highest BCUT2D eigenvalue weighted by atomic mass is 35.5. The van der Waals surface area contributed by atoms with Crippen LogP contribution in [-0.2, 0) is 14.3 Å². The van der Waals surface area contributed by atoms with E-state index in [2.05, 4.69) is 10.3 Å². The highest BCUT2D eigenvalue weighted by molar-refractivity contribution is 6.34. The van der Waals surface area contributed by atoms with E-state index in [1.54, 1.807) is 14.2 Å². The number of amides is 2. The molecule has 20 heavy (non-hydrogen) atoms. The maximum atomic E-state index is 11.7. The van der Waals surface area contributed by atoms with Gasteiger partial charge in [-0.15, -0.1) is 0 Å². The molecule has 0 aromatic carbocycles. The number of hydrogen-bond donors (Lipinski definition) is 1. The van der Waals surface area contributed by atoms with Gasteiger partial charge in [-0.05, 0) is 12.1 Å². The van der Waals surface area contributed by atoms with Crippen LogP contribution < -0.4 is 5.32 Å². The fraction of sp³-hybridized carbons (Fsp3) is 0.417. The summed E-state index contributed by atoms with van der Waals surface area (Å²) in [7, 11) is 3.14. The summed E-state index contributed by atoms with van der Waals surface area (Å²) in [5.74, 6) is -0.775. The Morgan fingerprint density at radius 2 is 2.10 bits per heavy atom. The molecule has 0 saturated heterocycles. The maximum absolute atomic E-state index is 11.7. The second-order valence-electron chi connectivity index (χ2n) is 4.01. The summed E-state index contributed by atoms with van der Waals surface area (Å²) in [5.41, 5.74) is 0.313. The van der Waals surface area contributed by atoms with Crippen molar-refractivity contribution in [2.24, 2.45) is 0 Å². The standard InChI is InChI=1S/C12H15Cl2N3O3/c1-17(5-6-20-2)11(19)7-10(18)15-8-3-4-9(13)16-12(8)14/h3-4H,5-7H2,1-2H3,(H,15,18). The van der Waals surface area contributed by atoms with E-state index < -0.39 is 5.91 Å². The first-order valence-electron chi connectivity index (χ1n) is 5.79. The van der Waals surface area contributed by atoms with Gasteiger partial charge in [0, 0.05) is 20.7 Å². The van der Waals surface area contributed by atoms with Crippen LogP contribution in [0.1, 0.15) is 6.42 Å². The molecule has 0 aliphatic carbocycles. The van der Waals surface area contributed by atoms with Crippen LogP contribution in [0.3, 0.4) is 0 Å². The van der Waals surface area contributed by atoms with E-state index in [1.165, 1.54) is 17.0 Å². The zero-order valence-corrected chi connectivity index (χ0v) is 12.7. The van der Waals surface area contributed by atoms with Crippen LogP contribution in [0.25, 0.3) is 0 Å². The minimum atomic E-state index is -0.467. The molecular formula is C12H15Cl2N3O3. The number of carbonyl (C=O) groups is 2. The SMILES string of the molecule is COCCN(C)C(=O)CC(=O)Nc1ccc(Cl)nc1Cl. The molecule has 1 heterocycles. The number of carbonyl (C=O) groups excluding carboxylic acids is 2. The van der Waals surface area contributed by atoms with Gasteiger partial charge in [-0.3, -0.25) is 9.59 Å². The van der Waals surface area contributed by atoms with Gasteiger partial charge in [0.1, 0.15) is 11.6 Å². The number of rotatable bonds is 6. The molecule has 0 radical (unpaired) electrons. The van der Waals surface area contributed by atoms with E-state index in [4.69, 9.17) is 27.9 Å². The molecule has 8 heteroatoms. The summed E-state index contributed by atoms with van der Waals surface area (Å²) in [6.07, 6.45) is -0.279. The van der Waals surface area contributed by atoms with Crippen molar-refractivity contribution in [2.45, 2.75) is 6.42 Å². The number of hydrogen-bond acceptors (Lipinski definition) is 4. The molecule has 0 atom stereocenters. The van der Waals surface area contributed by atoms with E-state index in [0.29, 0.717) is 18.8 Å². The Morgan fingerprint density at radius 1 is 1.40 bits per heavy atom. The van der Waals surface area contributed by atoms with Gasteiger partial charge in [0.2, 0.25) is 11.8 Å². The van der Waals surface area contributed by atoms with E-state index >= 15 is 0 Å². The Morgan fingerprint density at radius 3 is 2.70 bits per heavy atom. The first kappa shape index (κ1) is 16.7. The predicted molar refractivity (Wildman–Crippen MR) is 77.0 cm³/mol. The molecular weight excluding hydrogens is 305 g/mol. The number of anilines is 1. The van der Waals surface area contributed by atoms with Gasteiger partial charge in [-0.25, -0.2) is 4.98 Å². The smallest absolute Gasteiger partial charge is 0.233 e. The monoisotopic (exact) mass is 319 g/mol. The largest absolute Gasteiger partial charge is 0.383 e. The van der Waals surface area contributed by atoms with Crippen LogP contribution in [0.5, 0.6) is 0 Å². The topological polar surface area (TPSA) is 71.5 Å². The van der Waals surface area contributed by atoms with Crippen LogP contribution in [0.15, 0.2) is 12.1 Å². The number of ether oxygens (including phenoxy) is 1. The van der Waals surface area contributed by atoms with Crippen molar-refractivity contribution < 1.29 is 14.3 Å². The average Bonchev–Trinajstić information content (AvgIpc) is 2.39. The Kier molecular flexibility index (Phi) is 6.70. The summed E-state index contributed by atoms with van der Waals surface area (Å²) in [4.78, 5) is 28.7. The molecule has 1 aromatic heterocycles. The Bertz CT molecular complexity index is 497. The third kappa shape index (κ3) is 5.32. The summed E-state index contributed by atoms with van der Waals surface area (Å²) in [6, 6.07) is 3.02. The molecule has 0 bridgehead atoms. The molecule has 0 aliphatic heterocycles. The van der Waals surface area contributed by atoms with E-state index in [1.807, 2.05) is 0 Å². The molecule has 0 spiro atoms. The van der Waals surface area contributed by atoms with Crippen LogP contribution in [0.4, 0.5) is 5.69 Å². The van der Waals surface area contributed by atoms with Crippen molar-refractivity contribution in [3.8, 4) is 0 Å². The minimum absolute atomic E-state index is 0.0750. The number of nitrogens with zero attached hydrogens (tertiary/aromatic N) is 2. The number of likely N-dealkylation sites (N-methyl/N-ethyl adjacent to an activating group) is 1. The fourth-order valence-electron chi connectivity index (χ4n) is 1.32. The second-order valence-corrected chi connectivity index (χ2v) is 4.75. The van der Waals surface area contributed by atoms with Crippen LogP contribution >= 0.6 is 23.2 Å². The number of pyridine rings is 1. The molecule has 1 N–H and O–H groups in total. The first-order chi connectivity index (χ1) is 9.43. The van der Waals surface area contributed by atoms with Crippen LogP contribution in [0.2, 0.25) is 10.3 Å². The van der Waals surface area contributed by atoms with E-state index in [0.717, 1.165) is 0 Å². The number of nitrogens with one attached hydrogen (secondary N) is 1. The van der Waals surface area contributed by atoms with Gasteiger partial charge in [-0.2, -0.15) is 0 Å². The number of methoxy groups -OCH3 is 1. The first-order valence-corrected chi connectivity index (χ1v) is 6.54. The Hall–Kier alpha value is -1.37. The fourth-order valence-corrected chi connectivity index (χ4v) is 1.72. The summed E-state index contributed by atoms with van der Waals surface area (Å²) < 4.78 is 4.86. The Balaban J connectivity index is 2.53. The highest BCUT2D eigenvalue weighted by Crippen LogP contribution is 2.21. The lowest BCUT2D eigenvalue weighted by Gasteiger charge is -2.16. The molecule has 1 aromatic rings. The summed E-state index contributed by atoms with van der Waals surface area (Å²) >= 11 is 11.5. The van der Waals surface area contributed by atoms with Crippen molar-refractivity contribution in [1.29, 1.82) is 0 Å². The number of aromatic nitrogens is 1. The van der Waals surface area contributed by atoms with Crippen molar-refractivity contribution in [1.82, 2.24) is 9.88 Å². The quantitative estimate of drug-likeness (QED) is 0.641. The second kappa shape index (κ2) is 8.04. The predicted octanol–water partition coefficient (Wildman–Crippen LogP) is 1.82. The molecule has 0 unspecified atom stereocenters.